The lowest BCUT2D eigenvalue weighted by atomic mass is 10.2. The standard InChI is InChI=1S/C10H9BrClNO4S/c1-6(12)5-13-18(16,17)9-4-7(10(14)15)2-3-8(9)11/h2-4,13H,1,5H2,(H,14,15). The van der Waals surface area contributed by atoms with E-state index in [2.05, 4.69) is 27.2 Å². The summed E-state index contributed by atoms with van der Waals surface area (Å²) in [5, 5.41) is 8.95. The molecule has 5 nitrogen and oxygen atoms in total. The number of benzene rings is 1. The second-order valence-corrected chi connectivity index (χ2v) is 6.42. The largest absolute Gasteiger partial charge is 0.478 e. The van der Waals surface area contributed by atoms with Gasteiger partial charge in [0, 0.05) is 16.0 Å². The van der Waals surface area contributed by atoms with Crippen LogP contribution in [0.1, 0.15) is 10.4 Å². The van der Waals surface area contributed by atoms with Crippen LogP contribution in [0, 0.1) is 0 Å². The van der Waals surface area contributed by atoms with Gasteiger partial charge in [-0.05, 0) is 34.1 Å². The Hall–Kier alpha value is -0.890. The SMILES string of the molecule is C=C(Cl)CNS(=O)(=O)c1cc(C(=O)O)ccc1Br. The highest BCUT2D eigenvalue weighted by molar-refractivity contribution is 9.10. The first-order valence-corrected chi connectivity index (χ1v) is 7.25. The molecule has 0 saturated carbocycles. The molecule has 1 aromatic rings. The number of halogens is 2. The monoisotopic (exact) mass is 353 g/mol. The molecule has 0 unspecified atom stereocenters. The molecular formula is C10H9BrClNO4S. The van der Waals surface area contributed by atoms with Crippen LogP contribution in [0.5, 0.6) is 0 Å². The summed E-state index contributed by atoms with van der Waals surface area (Å²) in [6.07, 6.45) is 0. The number of rotatable bonds is 5. The lowest BCUT2D eigenvalue weighted by Gasteiger charge is -2.08. The van der Waals surface area contributed by atoms with Gasteiger partial charge in [0.15, 0.2) is 0 Å². The van der Waals surface area contributed by atoms with Gasteiger partial charge >= 0.3 is 5.97 Å². The summed E-state index contributed by atoms with van der Waals surface area (Å²) in [5.41, 5.74) is -0.122. The number of sulfonamides is 1. The molecule has 0 aliphatic rings. The molecule has 0 spiro atoms. The minimum absolute atomic E-state index is 0.122. The van der Waals surface area contributed by atoms with Crippen molar-refractivity contribution in [2.75, 3.05) is 6.54 Å². The molecule has 2 N–H and O–H groups in total. The summed E-state index contributed by atoms with van der Waals surface area (Å²) in [6, 6.07) is 3.71. The van der Waals surface area contributed by atoms with Gasteiger partial charge < -0.3 is 5.11 Å². The first kappa shape index (κ1) is 15.2. The van der Waals surface area contributed by atoms with Gasteiger partial charge in [0.2, 0.25) is 10.0 Å². The number of carboxylic acids is 1. The maximum atomic E-state index is 11.9. The summed E-state index contributed by atoms with van der Waals surface area (Å²) in [7, 11) is -3.85. The van der Waals surface area contributed by atoms with Crippen molar-refractivity contribution in [1.29, 1.82) is 0 Å². The van der Waals surface area contributed by atoms with Gasteiger partial charge in [0.1, 0.15) is 0 Å². The molecule has 0 radical (unpaired) electrons. The summed E-state index contributed by atoms with van der Waals surface area (Å²) in [5.74, 6) is -1.21. The van der Waals surface area contributed by atoms with Crippen LogP contribution in [-0.4, -0.2) is 26.0 Å². The van der Waals surface area contributed by atoms with Gasteiger partial charge in [-0.15, -0.1) is 0 Å². The number of carbonyl (C=O) groups is 1. The lowest BCUT2D eigenvalue weighted by Crippen LogP contribution is -2.25. The number of aromatic carboxylic acids is 1. The quantitative estimate of drug-likeness (QED) is 0.849. The summed E-state index contributed by atoms with van der Waals surface area (Å²) in [4.78, 5) is 10.6. The molecule has 0 bridgehead atoms. The molecule has 0 heterocycles. The first-order chi connectivity index (χ1) is 8.24. The van der Waals surface area contributed by atoms with Gasteiger partial charge in [0.05, 0.1) is 10.5 Å². The molecule has 0 amide bonds. The van der Waals surface area contributed by atoms with Crippen molar-refractivity contribution in [3.8, 4) is 0 Å². The van der Waals surface area contributed by atoms with Crippen LogP contribution in [-0.2, 0) is 10.0 Å². The molecule has 0 fully saturated rings. The fraction of sp³-hybridized carbons (Fsp3) is 0.100. The lowest BCUT2D eigenvalue weighted by molar-refractivity contribution is 0.0696. The van der Waals surface area contributed by atoms with Gasteiger partial charge in [-0.25, -0.2) is 17.9 Å². The van der Waals surface area contributed by atoms with Crippen LogP contribution in [0.4, 0.5) is 0 Å². The smallest absolute Gasteiger partial charge is 0.335 e. The van der Waals surface area contributed by atoms with Gasteiger partial charge in [-0.3, -0.25) is 0 Å². The first-order valence-electron chi connectivity index (χ1n) is 4.60. The second-order valence-electron chi connectivity index (χ2n) is 3.29. The van der Waals surface area contributed by atoms with Crippen LogP contribution in [0.3, 0.4) is 0 Å². The molecule has 0 aliphatic heterocycles. The zero-order valence-electron chi connectivity index (χ0n) is 8.98. The van der Waals surface area contributed by atoms with Crippen molar-refractivity contribution in [3.63, 3.8) is 0 Å². The Morgan fingerprint density at radius 2 is 2.11 bits per heavy atom. The third kappa shape index (κ3) is 3.81. The van der Waals surface area contributed by atoms with E-state index in [1.54, 1.807) is 0 Å². The zero-order chi connectivity index (χ0) is 13.9. The van der Waals surface area contributed by atoms with Crippen molar-refractivity contribution in [2.45, 2.75) is 4.90 Å². The van der Waals surface area contributed by atoms with E-state index >= 15 is 0 Å². The molecule has 18 heavy (non-hydrogen) atoms. The van der Waals surface area contributed by atoms with Crippen LogP contribution >= 0.6 is 27.5 Å². The summed E-state index contributed by atoms with van der Waals surface area (Å²) >= 11 is 8.52. The van der Waals surface area contributed by atoms with E-state index in [0.717, 1.165) is 6.07 Å². The Balaban J connectivity index is 3.18. The van der Waals surface area contributed by atoms with Crippen molar-refractivity contribution in [3.05, 3.63) is 39.8 Å². The molecule has 0 saturated heterocycles. The van der Waals surface area contributed by atoms with Crippen molar-refractivity contribution < 1.29 is 18.3 Å². The average molecular weight is 355 g/mol. The predicted molar refractivity (Wildman–Crippen MR) is 71.3 cm³/mol. The highest BCUT2D eigenvalue weighted by atomic mass is 79.9. The molecule has 0 aromatic heterocycles. The van der Waals surface area contributed by atoms with Crippen LogP contribution in [0.25, 0.3) is 0 Å². The van der Waals surface area contributed by atoms with Crippen LogP contribution in [0.2, 0.25) is 0 Å². The number of hydrogen-bond acceptors (Lipinski definition) is 3. The van der Waals surface area contributed by atoms with E-state index < -0.39 is 16.0 Å². The van der Waals surface area contributed by atoms with Gasteiger partial charge in [-0.2, -0.15) is 0 Å². The van der Waals surface area contributed by atoms with Crippen molar-refractivity contribution >= 4 is 43.5 Å². The molecule has 8 heteroatoms. The number of hydrogen-bond donors (Lipinski definition) is 2. The zero-order valence-corrected chi connectivity index (χ0v) is 12.1. The van der Waals surface area contributed by atoms with E-state index in [1.165, 1.54) is 12.1 Å². The third-order valence-electron chi connectivity index (χ3n) is 1.92. The minimum atomic E-state index is -3.85. The Bertz CT molecular complexity index is 600. The van der Waals surface area contributed by atoms with E-state index in [-0.39, 0.29) is 26.5 Å². The normalized spacial score (nSPS) is 11.2. The topological polar surface area (TPSA) is 83.5 Å². The fourth-order valence-corrected chi connectivity index (χ4v) is 3.25. The molecular weight excluding hydrogens is 346 g/mol. The molecule has 0 atom stereocenters. The fourth-order valence-electron chi connectivity index (χ4n) is 1.09. The Morgan fingerprint density at radius 3 is 2.61 bits per heavy atom. The minimum Gasteiger partial charge on any atom is -0.478 e. The Morgan fingerprint density at radius 1 is 1.50 bits per heavy atom. The van der Waals surface area contributed by atoms with Gasteiger partial charge in [-0.1, -0.05) is 18.2 Å². The molecule has 0 aliphatic carbocycles. The Labute approximate surface area is 118 Å². The third-order valence-corrected chi connectivity index (χ3v) is 4.45. The summed E-state index contributed by atoms with van der Waals surface area (Å²) in [6.45, 7) is 3.22. The molecule has 98 valence electrons. The Kier molecular flexibility index (Phi) is 4.92. The number of carboxylic acid groups (broad SMARTS) is 1. The highest BCUT2D eigenvalue weighted by Crippen LogP contribution is 2.23. The van der Waals surface area contributed by atoms with E-state index in [1.807, 2.05) is 0 Å². The second kappa shape index (κ2) is 5.83. The van der Waals surface area contributed by atoms with Crippen molar-refractivity contribution in [1.82, 2.24) is 4.72 Å². The highest BCUT2D eigenvalue weighted by Gasteiger charge is 2.19. The van der Waals surface area contributed by atoms with Crippen LogP contribution < -0.4 is 4.72 Å². The maximum Gasteiger partial charge on any atom is 0.335 e. The van der Waals surface area contributed by atoms with Crippen molar-refractivity contribution in [2.24, 2.45) is 0 Å². The van der Waals surface area contributed by atoms with Gasteiger partial charge in [0.25, 0.3) is 0 Å². The predicted octanol–water partition coefficient (Wildman–Crippen LogP) is 2.18. The average Bonchev–Trinajstić information content (AvgIpc) is 2.26. The molecule has 1 aromatic carbocycles. The van der Waals surface area contributed by atoms with Crippen LogP contribution in [0.15, 0.2) is 39.2 Å². The van der Waals surface area contributed by atoms with E-state index in [0.29, 0.717) is 0 Å². The molecule has 1 rings (SSSR count). The van der Waals surface area contributed by atoms with E-state index in [9.17, 15) is 13.2 Å². The summed E-state index contributed by atoms with van der Waals surface area (Å²) < 4.78 is 26.3. The van der Waals surface area contributed by atoms with E-state index in [4.69, 9.17) is 16.7 Å². The number of nitrogens with one attached hydrogen (secondary N) is 1. The maximum absolute atomic E-state index is 11.9.